The summed E-state index contributed by atoms with van der Waals surface area (Å²) < 4.78 is 0. The Balaban J connectivity index is 0.00000128. The molecule has 5 heteroatoms. The van der Waals surface area contributed by atoms with Crippen LogP contribution in [0.5, 0.6) is 0 Å². The van der Waals surface area contributed by atoms with Crippen LogP contribution in [-0.4, -0.2) is 10.2 Å². The summed E-state index contributed by atoms with van der Waals surface area (Å²) in [5, 5.41) is 8.44. The van der Waals surface area contributed by atoms with Crippen LogP contribution >= 0.6 is 28.7 Å². The molecule has 3 nitrogen and oxygen atoms in total. The molecule has 2 aromatic rings. The number of hydrogen-bond acceptors (Lipinski definition) is 3. The minimum absolute atomic E-state index is 0. The van der Waals surface area contributed by atoms with Gasteiger partial charge in [-0.05, 0) is 11.6 Å². The number of rotatable bonds is 2. The van der Waals surface area contributed by atoms with Gasteiger partial charge < -0.3 is 5.73 Å². The zero-order valence-corrected chi connectivity index (χ0v) is 11.0. The minimum atomic E-state index is 0. The van der Waals surface area contributed by atoms with Crippen molar-refractivity contribution in [3.8, 4) is 0 Å². The lowest BCUT2D eigenvalue weighted by molar-refractivity contribution is 1.35. The topological polar surface area (TPSA) is 62.8 Å². The molecule has 0 atom stereocenters. The number of halogens is 1. The summed E-state index contributed by atoms with van der Waals surface area (Å²) in [6, 6.07) is 10.0. The highest BCUT2D eigenvalue weighted by Gasteiger charge is 2.02. The fourth-order valence-electron chi connectivity index (χ4n) is 1.44. The van der Waals surface area contributed by atoms with E-state index in [1.165, 1.54) is 11.8 Å². The summed E-state index contributed by atoms with van der Waals surface area (Å²) >= 11 is 1.32. The van der Waals surface area contributed by atoms with Gasteiger partial charge in [-0.3, -0.25) is 10.4 Å². The maximum Gasteiger partial charge on any atom is 0.151 e. The van der Waals surface area contributed by atoms with Crippen LogP contribution in [0.25, 0.3) is 10.9 Å². The lowest BCUT2D eigenvalue weighted by Crippen LogP contribution is -2.04. The summed E-state index contributed by atoms with van der Waals surface area (Å²) in [7, 11) is 0. The Labute approximate surface area is 109 Å². The van der Waals surface area contributed by atoms with E-state index in [0.29, 0.717) is 5.75 Å². The number of hydrogen-bond donors (Lipinski definition) is 2. The summed E-state index contributed by atoms with van der Waals surface area (Å²) in [5.74, 6) is 0.698. The second-order valence-electron chi connectivity index (χ2n) is 3.15. The molecule has 0 bridgehead atoms. The molecule has 0 spiro atoms. The second kappa shape index (κ2) is 5.86. The SMILES string of the molecule is Br.N=C(N)SCc1cccc2cccnc12. The van der Waals surface area contributed by atoms with E-state index in [4.69, 9.17) is 11.1 Å². The molecule has 3 N–H and O–H groups in total. The molecule has 0 saturated heterocycles. The highest BCUT2D eigenvalue weighted by Crippen LogP contribution is 2.20. The molecule has 0 amide bonds. The van der Waals surface area contributed by atoms with Crippen molar-refractivity contribution in [1.82, 2.24) is 4.98 Å². The molecule has 0 aliphatic heterocycles. The smallest absolute Gasteiger partial charge is 0.151 e. The fraction of sp³-hybridized carbons (Fsp3) is 0.0909. The number of nitrogens with two attached hydrogens (primary N) is 1. The van der Waals surface area contributed by atoms with E-state index < -0.39 is 0 Å². The van der Waals surface area contributed by atoms with Crippen LogP contribution in [0.3, 0.4) is 0 Å². The van der Waals surface area contributed by atoms with Crippen molar-refractivity contribution < 1.29 is 0 Å². The number of fused-ring (bicyclic) bond motifs is 1. The molecule has 0 saturated carbocycles. The van der Waals surface area contributed by atoms with Crippen molar-refractivity contribution in [3.05, 3.63) is 42.1 Å². The molecule has 0 aliphatic carbocycles. The number of pyridine rings is 1. The summed E-state index contributed by atoms with van der Waals surface area (Å²) in [5.41, 5.74) is 7.42. The highest BCUT2D eigenvalue weighted by molar-refractivity contribution is 8.93. The Morgan fingerprint density at radius 3 is 2.81 bits per heavy atom. The van der Waals surface area contributed by atoms with Gasteiger partial charge in [-0.25, -0.2) is 0 Å². The van der Waals surface area contributed by atoms with E-state index >= 15 is 0 Å². The van der Waals surface area contributed by atoms with Gasteiger partial charge in [0.25, 0.3) is 0 Å². The number of amidine groups is 1. The van der Waals surface area contributed by atoms with Crippen molar-refractivity contribution in [2.24, 2.45) is 5.73 Å². The zero-order valence-electron chi connectivity index (χ0n) is 8.51. The van der Waals surface area contributed by atoms with Gasteiger partial charge >= 0.3 is 0 Å². The standard InChI is InChI=1S/C11H11N3S.BrH/c12-11(13)15-7-9-4-1-3-8-5-2-6-14-10(8)9;/h1-6H,7H2,(H3,12,13);1H. The summed E-state index contributed by atoms with van der Waals surface area (Å²) in [6.07, 6.45) is 1.78. The van der Waals surface area contributed by atoms with Gasteiger partial charge in [0.2, 0.25) is 0 Å². The zero-order chi connectivity index (χ0) is 10.7. The number of aromatic nitrogens is 1. The molecule has 0 radical (unpaired) electrons. The minimum Gasteiger partial charge on any atom is -0.379 e. The third kappa shape index (κ3) is 2.96. The largest absolute Gasteiger partial charge is 0.379 e. The lowest BCUT2D eigenvalue weighted by atomic mass is 10.1. The van der Waals surface area contributed by atoms with Gasteiger partial charge in [0.1, 0.15) is 0 Å². The van der Waals surface area contributed by atoms with Gasteiger partial charge in [0.15, 0.2) is 5.17 Å². The van der Waals surface area contributed by atoms with Gasteiger partial charge in [-0.2, -0.15) is 0 Å². The Kier molecular flexibility index (Phi) is 4.76. The van der Waals surface area contributed by atoms with E-state index in [2.05, 4.69) is 4.98 Å². The molecular formula is C11H12BrN3S. The van der Waals surface area contributed by atoms with E-state index in [9.17, 15) is 0 Å². The first-order valence-corrected chi connectivity index (χ1v) is 5.55. The molecule has 2 rings (SSSR count). The summed E-state index contributed by atoms with van der Waals surface area (Å²) in [4.78, 5) is 4.33. The van der Waals surface area contributed by atoms with Gasteiger partial charge in [0.05, 0.1) is 5.52 Å². The van der Waals surface area contributed by atoms with Crippen LogP contribution in [0.1, 0.15) is 5.56 Å². The molecule has 16 heavy (non-hydrogen) atoms. The average molecular weight is 298 g/mol. The molecule has 1 aromatic carbocycles. The summed E-state index contributed by atoms with van der Waals surface area (Å²) in [6.45, 7) is 0. The molecule has 0 unspecified atom stereocenters. The predicted octanol–water partition coefficient (Wildman–Crippen LogP) is 2.94. The van der Waals surface area contributed by atoms with E-state index in [-0.39, 0.29) is 22.1 Å². The second-order valence-corrected chi connectivity index (χ2v) is 4.16. The van der Waals surface area contributed by atoms with Crippen LogP contribution in [0.15, 0.2) is 36.5 Å². The quantitative estimate of drug-likeness (QED) is 0.662. The number of para-hydroxylation sites is 1. The predicted molar refractivity (Wildman–Crippen MR) is 75.3 cm³/mol. The number of nitrogens with zero attached hydrogens (tertiary/aromatic N) is 1. The van der Waals surface area contributed by atoms with Crippen molar-refractivity contribution >= 4 is 44.8 Å². The fourth-order valence-corrected chi connectivity index (χ4v) is 1.98. The molecule has 1 heterocycles. The first-order valence-electron chi connectivity index (χ1n) is 4.57. The van der Waals surface area contributed by atoms with Crippen LogP contribution in [0.4, 0.5) is 0 Å². The molecule has 84 valence electrons. The monoisotopic (exact) mass is 297 g/mol. The van der Waals surface area contributed by atoms with E-state index in [1.807, 2.05) is 30.3 Å². The molecular weight excluding hydrogens is 286 g/mol. The molecule has 1 aromatic heterocycles. The van der Waals surface area contributed by atoms with Gasteiger partial charge in [-0.15, -0.1) is 17.0 Å². The van der Waals surface area contributed by atoms with Crippen LogP contribution in [-0.2, 0) is 5.75 Å². The number of nitrogens with one attached hydrogen (secondary N) is 1. The third-order valence-electron chi connectivity index (χ3n) is 2.10. The van der Waals surface area contributed by atoms with E-state index in [1.54, 1.807) is 6.20 Å². The van der Waals surface area contributed by atoms with Crippen molar-refractivity contribution in [3.63, 3.8) is 0 Å². The Morgan fingerprint density at radius 1 is 1.31 bits per heavy atom. The first-order chi connectivity index (χ1) is 7.27. The maximum absolute atomic E-state index is 7.17. The van der Waals surface area contributed by atoms with Crippen LogP contribution in [0, 0.1) is 5.41 Å². The highest BCUT2D eigenvalue weighted by atomic mass is 79.9. The number of benzene rings is 1. The molecule has 0 fully saturated rings. The average Bonchev–Trinajstić information content (AvgIpc) is 2.26. The normalized spacial score (nSPS) is 9.75. The lowest BCUT2D eigenvalue weighted by Gasteiger charge is -2.04. The van der Waals surface area contributed by atoms with Crippen molar-refractivity contribution in [2.45, 2.75) is 5.75 Å². The van der Waals surface area contributed by atoms with Crippen molar-refractivity contribution in [1.29, 1.82) is 5.41 Å². The van der Waals surface area contributed by atoms with E-state index in [0.717, 1.165) is 16.5 Å². The first kappa shape index (κ1) is 13.0. The maximum atomic E-state index is 7.17. The van der Waals surface area contributed by atoms with Crippen LogP contribution < -0.4 is 5.73 Å². The van der Waals surface area contributed by atoms with Crippen LogP contribution in [0.2, 0.25) is 0 Å². The van der Waals surface area contributed by atoms with Gasteiger partial charge in [0, 0.05) is 17.3 Å². The Bertz CT molecular complexity index is 496. The third-order valence-corrected chi connectivity index (χ3v) is 2.87. The Hall–Kier alpha value is -1.07. The number of thioether (sulfide) groups is 1. The van der Waals surface area contributed by atoms with Crippen molar-refractivity contribution in [2.75, 3.05) is 0 Å². The Morgan fingerprint density at radius 2 is 2.06 bits per heavy atom. The van der Waals surface area contributed by atoms with Gasteiger partial charge in [-0.1, -0.05) is 36.0 Å². The molecule has 0 aliphatic rings.